The Kier molecular flexibility index (Phi) is 5.62. The number of hydrogen-bond acceptors (Lipinski definition) is 4. The van der Waals surface area contributed by atoms with Gasteiger partial charge in [0.15, 0.2) is 0 Å². The molecule has 2 rings (SSSR count). The van der Waals surface area contributed by atoms with Gasteiger partial charge in [-0.25, -0.2) is 0 Å². The van der Waals surface area contributed by atoms with Crippen LogP contribution < -0.4 is 5.32 Å². The minimum atomic E-state index is -0.568. The van der Waals surface area contributed by atoms with E-state index < -0.39 is 11.6 Å². The normalized spacial score (nSPS) is 11.2. The number of amides is 1. The smallest absolute Gasteiger partial charge is 0.325 e. The molecule has 0 aliphatic carbocycles. The van der Waals surface area contributed by atoms with Crippen molar-refractivity contribution >= 4 is 11.9 Å². The van der Waals surface area contributed by atoms with Gasteiger partial charge in [-0.05, 0) is 58.4 Å². The Morgan fingerprint density at radius 1 is 1.20 bits per heavy atom. The third kappa shape index (κ3) is 5.74. The lowest BCUT2D eigenvalue weighted by atomic mass is 10.1. The Morgan fingerprint density at radius 3 is 2.52 bits per heavy atom. The highest BCUT2D eigenvalue weighted by Gasteiger charge is 2.17. The molecule has 0 saturated carbocycles. The van der Waals surface area contributed by atoms with E-state index >= 15 is 0 Å². The molecular weight excluding hydrogens is 318 g/mol. The van der Waals surface area contributed by atoms with Crippen molar-refractivity contribution < 1.29 is 14.3 Å². The van der Waals surface area contributed by atoms with Gasteiger partial charge in [-0.3, -0.25) is 14.3 Å². The van der Waals surface area contributed by atoms with E-state index in [1.54, 1.807) is 32.9 Å². The first-order valence-corrected chi connectivity index (χ1v) is 8.24. The highest BCUT2D eigenvalue weighted by atomic mass is 16.6. The zero-order valence-electron chi connectivity index (χ0n) is 15.4. The van der Waals surface area contributed by atoms with Crippen LogP contribution in [0.15, 0.2) is 30.3 Å². The Labute approximate surface area is 148 Å². The Bertz CT molecular complexity index is 772. The fourth-order valence-electron chi connectivity index (χ4n) is 2.45. The number of rotatable bonds is 5. The van der Waals surface area contributed by atoms with Gasteiger partial charge < -0.3 is 10.1 Å². The van der Waals surface area contributed by atoms with Crippen molar-refractivity contribution in [3.8, 4) is 0 Å². The molecule has 0 radical (unpaired) electrons. The van der Waals surface area contributed by atoms with E-state index in [2.05, 4.69) is 10.4 Å². The van der Waals surface area contributed by atoms with Crippen LogP contribution in [0.4, 0.5) is 0 Å². The molecule has 6 heteroatoms. The van der Waals surface area contributed by atoms with Gasteiger partial charge in [-0.15, -0.1) is 0 Å². The van der Waals surface area contributed by atoms with Crippen molar-refractivity contribution in [2.24, 2.45) is 0 Å². The SMILES string of the molecule is Cc1cc(C)n(Cc2cccc(C(=O)NCC(=O)OC(C)(C)C)c2)n1. The quantitative estimate of drug-likeness (QED) is 0.847. The lowest BCUT2D eigenvalue weighted by molar-refractivity contribution is -0.153. The summed E-state index contributed by atoms with van der Waals surface area (Å²) in [4.78, 5) is 23.9. The number of ether oxygens (including phenoxy) is 1. The fourth-order valence-corrected chi connectivity index (χ4v) is 2.45. The molecular formula is C19H25N3O3. The second-order valence-corrected chi connectivity index (χ2v) is 7.05. The molecule has 0 bridgehead atoms. The van der Waals surface area contributed by atoms with Crippen molar-refractivity contribution in [1.29, 1.82) is 0 Å². The zero-order chi connectivity index (χ0) is 18.6. The summed E-state index contributed by atoms with van der Waals surface area (Å²) in [6.45, 7) is 9.74. The van der Waals surface area contributed by atoms with Crippen LogP contribution in [0.5, 0.6) is 0 Å². The lowest BCUT2D eigenvalue weighted by Crippen LogP contribution is -2.34. The van der Waals surface area contributed by atoms with Crippen molar-refractivity contribution in [2.45, 2.75) is 46.8 Å². The Morgan fingerprint density at radius 2 is 1.92 bits per heavy atom. The zero-order valence-corrected chi connectivity index (χ0v) is 15.4. The molecule has 1 aromatic carbocycles. The molecule has 0 aliphatic rings. The first-order chi connectivity index (χ1) is 11.6. The van der Waals surface area contributed by atoms with Crippen LogP contribution in [-0.4, -0.2) is 33.8 Å². The second-order valence-electron chi connectivity index (χ2n) is 7.05. The van der Waals surface area contributed by atoms with Crippen LogP contribution in [0, 0.1) is 13.8 Å². The third-order valence-corrected chi connectivity index (χ3v) is 3.44. The predicted molar refractivity (Wildman–Crippen MR) is 95.4 cm³/mol. The van der Waals surface area contributed by atoms with Crippen LogP contribution in [0.1, 0.15) is 48.1 Å². The number of hydrogen-bond donors (Lipinski definition) is 1. The van der Waals surface area contributed by atoms with E-state index in [1.807, 2.05) is 36.7 Å². The lowest BCUT2D eigenvalue weighted by Gasteiger charge is -2.19. The number of esters is 1. The van der Waals surface area contributed by atoms with Gasteiger partial charge in [0.2, 0.25) is 0 Å². The molecule has 2 aromatic rings. The molecule has 0 saturated heterocycles. The van der Waals surface area contributed by atoms with Crippen molar-refractivity contribution in [1.82, 2.24) is 15.1 Å². The second kappa shape index (κ2) is 7.51. The summed E-state index contributed by atoms with van der Waals surface area (Å²) in [5.41, 5.74) is 2.93. The average Bonchev–Trinajstić information content (AvgIpc) is 2.81. The highest BCUT2D eigenvalue weighted by Crippen LogP contribution is 2.10. The molecule has 134 valence electrons. The predicted octanol–water partition coefficient (Wildman–Crippen LogP) is 2.62. The molecule has 25 heavy (non-hydrogen) atoms. The largest absolute Gasteiger partial charge is 0.459 e. The molecule has 1 heterocycles. The molecule has 1 N–H and O–H groups in total. The van der Waals surface area contributed by atoms with E-state index in [0.717, 1.165) is 17.0 Å². The summed E-state index contributed by atoms with van der Waals surface area (Å²) < 4.78 is 7.07. The van der Waals surface area contributed by atoms with Crippen molar-refractivity contribution in [2.75, 3.05) is 6.54 Å². The van der Waals surface area contributed by atoms with Crippen LogP contribution in [-0.2, 0) is 16.1 Å². The first kappa shape index (κ1) is 18.7. The number of benzene rings is 1. The monoisotopic (exact) mass is 343 g/mol. The summed E-state index contributed by atoms with van der Waals surface area (Å²) in [5, 5.41) is 7.02. The molecule has 0 aliphatic heterocycles. The van der Waals surface area contributed by atoms with E-state index in [1.165, 1.54) is 0 Å². The molecule has 0 fully saturated rings. The summed E-state index contributed by atoms with van der Waals surface area (Å²) >= 11 is 0. The van der Waals surface area contributed by atoms with Crippen LogP contribution in [0.2, 0.25) is 0 Å². The molecule has 1 aromatic heterocycles. The number of carbonyl (C=O) groups is 2. The van der Waals surface area contributed by atoms with Gasteiger partial charge in [-0.2, -0.15) is 5.10 Å². The Balaban J connectivity index is 1.99. The molecule has 1 amide bonds. The van der Waals surface area contributed by atoms with Gasteiger partial charge in [0.25, 0.3) is 5.91 Å². The molecule has 0 unspecified atom stereocenters. The summed E-state index contributed by atoms with van der Waals surface area (Å²) in [7, 11) is 0. The first-order valence-electron chi connectivity index (χ1n) is 8.24. The minimum absolute atomic E-state index is 0.155. The topological polar surface area (TPSA) is 73.2 Å². The molecule has 0 atom stereocenters. The maximum atomic E-state index is 12.2. The van der Waals surface area contributed by atoms with Gasteiger partial charge in [0, 0.05) is 11.3 Å². The molecule has 6 nitrogen and oxygen atoms in total. The fraction of sp³-hybridized carbons (Fsp3) is 0.421. The maximum absolute atomic E-state index is 12.2. The summed E-state index contributed by atoms with van der Waals surface area (Å²) in [6.07, 6.45) is 0. The van der Waals surface area contributed by atoms with E-state index in [9.17, 15) is 9.59 Å². The number of nitrogens with zero attached hydrogens (tertiary/aromatic N) is 2. The maximum Gasteiger partial charge on any atom is 0.325 e. The standard InChI is InChI=1S/C19H25N3O3/c1-13-9-14(2)22(21-13)12-15-7-6-8-16(10-15)18(24)20-11-17(23)25-19(3,4)5/h6-10H,11-12H2,1-5H3,(H,20,24). The van der Waals surface area contributed by atoms with E-state index in [4.69, 9.17) is 4.74 Å². The van der Waals surface area contributed by atoms with Crippen LogP contribution >= 0.6 is 0 Å². The third-order valence-electron chi connectivity index (χ3n) is 3.44. The number of aromatic nitrogens is 2. The van der Waals surface area contributed by atoms with Crippen LogP contribution in [0.3, 0.4) is 0 Å². The minimum Gasteiger partial charge on any atom is -0.459 e. The van der Waals surface area contributed by atoms with E-state index in [-0.39, 0.29) is 12.5 Å². The van der Waals surface area contributed by atoms with Gasteiger partial charge in [-0.1, -0.05) is 12.1 Å². The highest BCUT2D eigenvalue weighted by molar-refractivity contribution is 5.96. The van der Waals surface area contributed by atoms with Crippen molar-refractivity contribution in [3.05, 3.63) is 52.8 Å². The van der Waals surface area contributed by atoms with Crippen LogP contribution in [0.25, 0.3) is 0 Å². The van der Waals surface area contributed by atoms with E-state index in [0.29, 0.717) is 12.1 Å². The summed E-state index contributed by atoms with van der Waals surface area (Å²) in [5.74, 6) is -0.763. The van der Waals surface area contributed by atoms with Gasteiger partial charge >= 0.3 is 5.97 Å². The average molecular weight is 343 g/mol. The van der Waals surface area contributed by atoms with Crippen molar-refractivity contribution in [3.63, 3.8) is 0 Å². The summed E-state index contributed by atoms with van der Waals surface area (Å²) in [6, 6.07) is 9.30. The molecule has 0 spiro atoms. The Hall–Kier alpha value is -2.63. The number of nitrogens with one attached hydrogen (secondary N) is 1. The van der Waals surface area contributed by atoms with Gasteiger partial charge in [0.1, 0.15) is 12.1 Å². The van der Waals surface area contributed by atoms with Gasteiger partial charge in [0.05, 0.1) is 12.2 Å². The number of carbonyl (C=O) groups excluding carboxylic acids is 2. The number of aryl methyl sites for hydroxylation is 2.